The van der Waals surface area contributed by atoms with Gasteiger partial charge in [0, 0.05) is 0 Å². The predicted octanol–water partition coefficient (Wildman–Crippen LogP) is 3.57. The summed E-state index contributed by atoms with van der Waals surface area (Å²) in [4.78, 5) is 8.17. The van der Waals surface area contributed by atoms with Gasteiger partial charge in [0.15, 0.2) is 0 Å². The molecule has 4 nitrogen and oxygen atoms in total. The van der Waals surface area contributed by atoms with E-state index < -0.39 is 0 Å². The average molecular weight is 297 g/mol. The largest absolute Gasteiger partial charge is 0.492 e. The van der Waals surface area contributed by atoms with Crippen LogP contribution in [0.4, 0.5) is 10.2 Å². The average Bonchev–Trinajstić information content (AvgIpc) is 2.52. The number of ether oxygens (including phenoxy) is 1. The first-order chi connectivity index (χ1) is 10.7. The number of hydrogen-bond donors (Lipinski definition) is 1. The fourth-order valence-corrected chi connectivity index (χ4v) is 2.25. The van der Waals surface area contributed by atoms with Crippen molar-refractivity contribution in [2.75, 3.05) is 18.5 Å². The quantitative estimate of drug-likeness (QED) is 0.731. The van der Waals surface area contributed by atoms with Crippen molar-refractivity contribution >= 4 is 16.7 Å². The van der Waals surface area contributed by atoms with Crippen LogP contribution in [0.3, 0.4) is 0 Å². The molecule has 0 spiro atoms. The van der Waals surface area contributed by atoms with Crippen LogP contribution >= 0.6 is 0 Å². The van der Waals surface area contributed by atoms with Crippen LogP contribution < -0.4 is 10.1 Å². The summed E-state index contributed by atoms with van der Waals surface area (Å²) in [6, 6.07) is 12.6. The van der Waals surface area contributed by atoms with Crippen molar-refractivity contribution in [3.05, 3.63) is 60.2 Å². The summed E-state index contributed by atoms with van der Waals surface area (Å²) in [7, 11) is 0. The van der Waals surface area contributed by atoms with Gasteiger partial charge in [-0.2, -0.15) is 0 Å². The number of aromatic nitrogens is 2. The molecule has 0 aliphatic rings. The molecule has 1 aromatic heterocycles. The lowest BCUT2D eigenvalue weighted by molar-refractivity contribution is 0.332. The summed E-state index contributed by atoms with van der Waals surface area (Å²) in [6.07, 6.45) is 1.42. The minimum absolute atomic E-state index is 0.333. The third-order valence-corrected chi connectivity index (χ3v) is 3.26. The molecule has 0 unspecified atom stereocenters. The van der Waals surface area contributed by atoms with E-state index in [0.29, 0.717) is 29.9 Å². The first-order valence-corrected chi connectivity index (χ1v) is 7.06. The summed E-state index contributed by atoms with van der Waals surface area (Å²) in [5.74, 6) is 0.969. The highest BCUT2D eigenvalue weighted by molar-refractivity contribution is 5.89. The van der Waals surface area contributed by atoms with Gasteiger partial charge in [-0.25, -0.2) is 14.4 Å². The number of fused-ring (bicyclic) bond motifs is 1. The highest BCUT2D eigenvalue weighted by Crippen LogP contribution is 2.22. The third-order valence-electron chi connectivity index (χ3n) is 3.26. The molecule has 0 bridgehead atoms. The van der Waals surface area contributed by atoms with Crippen molar-refractivity contribution in [1.82, 2.24) is 9.97 Å². The SMILES string of the molecule is Cc1cccc(OCCNc2ncnc3cccc(F)c23)c1. The van der Waals surface area contributed by atoms with E-state index in [1.165, 1.54) is 12.4 Å². The van der Waals surface area contributed by atoms with Crippen LogP contribution in [0.1, 0.15) is 5.56 Å². The van der Waals surface area contributed by atoms with Crippen LogP contribution in [0.2, 0.25) is 0 Å². The Kier molecular flexibility index (Phi) is 4.14. The normalized spacial score (nSPS) is 10.6. The topological polar surface area (TPSA) is 47.0 Å². The lowest BCUT2D eigenvalue weighted by Crippen LogP contribution is -2.13. The maximum absolute atomic E-state index is 13.9. The third kappa shape index (κ3) is 3.14. The highest BCUT2D eigenvalue weighted by Gasteiger charge is 2.07. The van der Waals surface area contributed by atoms with E-state index in [4.69, 9.17) is 4.74 Å². The first kappa shape index (κ1) is 14.3. The number of nitrogens with zero attached hydrogens (tertiary/aromatic N) is 2. The van der Waals surface area contributed by atoms with Crippen molar-refractivity contribution < 1.29 is 9.13 Å². The Morgan fingerprint density at radius 2 is 2.00 bits per heavy atom. The Morgan fingerprint density at radius 1 is 1.14 bits per heavy atom. The van der Waals surface area contributed by atoms with Gasteiger partial charge in [-0.05, 0) is 36.8 Å². The van der Waals surface area contributed by atoms with Crippen LogP contribution in [0, 0.1) is 12.7 Å². The standard InChI is InChI=1S/C17H16FN3O/c1-12-4-2-5-13(10-12)22-9-8-19-17-16-14(18)6-3-7-15(16)20-11-21-17/h2-7,10-11H,8-9H2,1H3,(H,19,20,21). The lowest BCUT2D eigenvalue weighted by atomic mass is 10.2. The van der Waals surface area contributed by atoms with Gasteiger partial charge in [0.25, 0.3) is 0 Å². The Balaban J connectivity index is 1.65. The van der Waals surface area contributed by atoms with E-state index in [-0.39, 0.29) is 5.82 Å². The molecule has 5 heteroatoms. The molecule has 0 aliphatic heterocycles. The fraction of sp³-hybridized carbons (Fsp3) is 0.176. The van der Waals surface area contributed by atoms with E-state index >= 15 is 0 Å². The van der Waals surface area contributed by atoms with E-state index in [9.17, 15) is 4.39 Å². The molecule has 1 N–H and O–H groups in total. The molecule has 2 aromatic carbocycles. The van der Waals surface area contributed by atoms with Gasteiger partial charge >= 0.3 is 0 Å². The Bertz CT molecular complexity index is 786. The maximum atomic E-state index is 13.9. The summed E-state index contributed by atoms with van der Waals surface area (Å²) in [6.45, 7) is 3.00. The molecule has 0 amide bonds. The van der Waals surface area contributed by atoms with Crippen LogP contribution in [0.25, 0.3) is 10.9 Å². The van der Waals surface area contributed by atoms with Crippen LogP contribution in [-0.4, -0.2) is 23.1 Å². The van der Waals surface area contributed by atoms with Gasteiger partial charge in [-0.3, -0.25) is 0 Å². The van der Waals surface area contributed by atoms with E-state index in [2.05, 4.69) is 15.3 Å². The Morgan fingerprint density at radius 3 is 2.86 bits per heavy atom. The second-order valence-corrected chi connectivity index (χ2v) is 4.95. The molecule has 0 radical (unpaired) electrons. The van der Waals surface area contributed by atoms with Crippen molar-refractivity contribution in [3.63, 3.8) is 0 Å². The van der Waals surface area contributed by atoms with Crippen LogP contribution in [0.15, 0.2) is 48.8 Å². The zero-order valence-corrected chi connectivity index (χ0v) is 12.2. The molecule has 0 fully saturated rings. The lowest BCUT2D eigenvalue weighted by Gasteiger charge is -2.10. The van der Waals surface area contributed by atoms with Gasteiger partial charge in [-0.1, -0.05) is 18.2 Å². The molecule has 1 heterocycles. The summed E-state index contributed by atoms with van der Waals surface area (Å²) in [5.41, 5.74) is 1.73. The van der Waals surface area contributed by atoms with E-state index in [0.717, 1.165) is 11.3 Å². The highest BCUT2D eigenvalue weighted by atomic mass is 19.1. The van der Waals surface area contributed by atoms with Gasteiger partial charge < -0.3 is 10.1 Å². The number of halogens is 1. The van der Waals surface area contributed by atoms with Crippen molar-refractivity contribution in [1.29, 1.82) is 0 Å². The summed E-state index contributed by atoms with van der Waals surface area (Å²) < 4.78 is 19.6. The van der Waals surface area contributed by atoms with Crippen LogP contribution in [-0.2, 0) is 0 Å². The van der Waals surface area contributed by atoms with Crippen LogP contribution in [0.5, 0.6) is 5.75 Å². The van der Waals surface area contributed by atoms with E-state index in [1.54, 1.807) is 12.1 Å². The number of hydrogen-bond acceptors (Lipinski definition) is 4. The number of aryl methyl sites for hydroxylation is 1. The smallest absolute Gasteiger partial charge is 0.140 e. The molecule has 3 aromatic rings. The van der Waals surface area contributed by atoms with Crippen molar-refractivity contribution in [3.8, 4) is 5.75 Å². The van der Waals surface area contributed by atoms with Crippen molar-refractivity contribution in [2.45, 2.75) is 6.92 Å². The second-order valence-electron chi connectivity index (χ2n) is 4.95. The molecule has 0 saturated carbocycles. The number of anilines is 1. The molecule has 0 atom stereocenters. The maximum Gasteiger partial charge on any atom is 0.140 e. The Labute approximate surface area is 128 Å². The van der Waals surface area contributed by atoms with Gasteiger partial charge in [0.2, 0.25) is 0 Å². The minimum Gasteiger partial charge on any atom is -0.492 e. The fourth-order valence-electron chi connectivity index (χ4n) is 2.25. The number of nitrogens with one attached hydrogen (secondary N) is 1. The van der Waals surface area contributed by atoms with Crippen molar-refractivity contribution in [2.24, 2.45) is 0 Å². The van der Waals surface area contributed by atoms with E-state index in [1.807, 2.05) is 31.2 Å². The van der Waals surface area contributed by atoms with Gasteiger partial charge in [-0.15, -0.1) is 0 Å². The number of rotatable bonds is 5. The first-order valence-electron chi connectivity index (χ1n) is 7.06. The molecular weight excluding hydrogens is 281 g/mol. The summed E-state index contributed by atoms with van der Waals surface area (Å²) >= 11 is 0. The predicted molar refractivity (Wildman–Crippen MR) is 84.7 cm³/mol. The zero-order chi connectivity index (χ0) is 15.4. The minimum atomic E-state index is -0.333. The molecule has 0 saturated heterocycles. The zero-order valence-electron chi connectivity index (χ0n) is 12.2. The molecule has 22 heavy (non-hydrogen) atoms. The summed E-state index contributed by atoms with van der Waals surface area (Å²) in [5, 5.41) is 3.50. The van der Waals surface area contributed by atoms with Gasteiger partial charge in [0.1, 0.15) is 30.3 Å². The molecule has 0 aliphatic carbocycles. The van der Waals surface area contributed by atoms with Gasteiger partial charge in [0.05, 0.1) is 17.4 Å². The molecule has 3 rings (SSSR count). The number of benzene rings is 2. The Hall–Kier alpha value is -2.69. The monoisotopic (exact) mass is 297 g/mol. The molecule has 112 valence electrons. The molecular formula is C17H16FN3O. The second kappa shape index (κ2) is 6.39.